The first-order valence-corrected chi connectivity index (χ1v) is 6.74. The zero-order valence-corrected chi connectivity index (χ0v) is 10.5. The molecule has 0 saturated carbocycles. The van der Waals surface area contributed by atoms with E-state index in [1.165, 1.54) is 18.3 Å². The molecule has 0 fully saturated rings. The Labute approximate surface area is 109 Å². The molecule has 2 aromatic rings. The van der Waals surface area contributed by atoms with Crippen molar-refractivity contribution in [2.45, 2.75) is 4.90 Å². The molecule has 7 nitrogen and oxygen atoms in total. The molecule has 1 heterocycles. The molecular formula is C11H11N3O4S. The molecule has 2 rings (SSSR count). The number of para-hydroxylation sites is 1. The van der Waals surface area contributed by atoms with E-state index in [1.54, 1.807) is 18.2 Å². The van der Waals surface area contributed by atoms with Gasteiger partial charge in [0.2, 0.25) is 0 Å². The fourth-order valence-corrected chi connectivity index (χ4v) is 2.86. The number of aromatic amines is 1. The summed E-state index contributed by atoms with van der Waals surface area (Å²) in [5.74, 6) is -1.24. The maximum atomic E-state index is 12.3. The molecule has 8 heteroatoms. The molecular weight excluding hydrogens is 270 g/mol. The van der Waals surface area contributed by atoms with E-state index in [-0.39, 0.29) is 10.6 Å². The van der Waals surface area contributed by atoms with Crippen molar-refractivity contribution in [2.75, 3.05) is 10.8 Å². The number of aliphatic carboxylic acids is 1. The van der Waals surface area contributed by atoms with E-state index in [2.05, 4.69) is 10.2 Å². The van der Waals surface area contributed by atoms with Gasteiger partial charge in [-0.1, -0.05) is 18.2 Å². The summed E-state index contributed by atoms with van der Waals surface area (Å²) in [7, 11) is -3.95. The summed E-state index contributed by atoms with van der Waals surface area (Å²) in [6.07, 6.45) is 2.33. The van der Waals surface area contributed by atoms with Crippen LogP contribution < -0.4 is 4.31 Å². The molecule has 0 bridgehead atoms. The Morgan fingerprint density at radius 1 is 1.32 bits per heavy atom. The first-order valence-electron chi connectivity index (χ1n) is 5.30. The number of nitrogens with zero attached hydrogens (tertiary/aromatic N) is 2. The van der Waals surface area contributed by atoms with E-state index in [1.807, 2.05) is 0 Å². The van der Waals surface area contributed by atoms with Crippen LogP contribution in [0.3, 0.4) is 0 Å². The highest BCUT2D eigenvalue weighted by Crippen LogP contribution is 2.22. The van der Waals surface area contributed by atoms with Crippen molar-refractivity contribution in [3.8, 4) is 0 Å². The number of rotatable bonds is 5. The van der Waals surface area contributed by atoms with Gasteiger partial charge in [-0.05, 0) is 12.1 Å². The van der Waals surface area contributed by atoms with Crippen molar-refractivity contribution >= 4 is 21.7 Å². The molecule has 19 heavy (non-hydrogen) atoms. The largest absolute Gasteiger partial charge is 0.480 e. The topological polar surface area (TPSA) is 103 Å². The fraction of sp³-hybridized carbons (Fsp3) is 0.0909. The van der Waals surface area contributed by atoms with Gasteiger partial charge in [-0.15, -0.1) is 0 Å². The fourth-order valence-electron chi connectivity index (χ4n) is 1.54. The third-order valence-electron chi connectivity index (χ3n) is 2.38. The third-order valence-corrected chi connectivity index (χ3v) is 4.12. The van der Waals surface area contributed by atoms with Crippen molar-refractivity contribution in [1.29, 1.82) is 0 Å². The Morgan fingerprint density at radius 2 is 2.00 bits per heavy atom. The first kappa shape index (κ1) is 13.1. The van der Waals surface area contributed by atoms with Crippen molar-refractivity contribution in [3.05, 3.63) is 42.7 Å². The van der Waals surface area contributed by atoms with Gasteiger partial charge in [-0.3, -0.25) is 14.2 Å². The lowest BCUT2D eigenvalue weighted by Gasteiger charge is -2.21. The van der Waals surface area contributed by atoms with E-state index in [9.17, 15) is 13.2 Å². The van der Waals surface area contributed by atoms with Gasteiger partial charge in [0.15, 0.2) is 0 Å². The van der Waals surface area contributed by atoms with E-state index >= 15 is 0 Å². The maximum Gasteiger partial charge on any atom is 0.324 e. The third kappa shape index (κ3) is 2.74. The zero-order valence-electron chi connectivity index (χ0n) is 9.72. The summed E-state index contributed by atoms with van der Waals surface area (Å²) in [4.78, 5) is 10.8. The summed E-state index contributed by atoms with van der Waals surface area (Å²) in [6, 6.07) is 8.04. The minimum absolute atomic E-state index is 0.0856. The highest BCUT2D eigenvalue weighted by molar-refractivity contribution is 7.92. The highest BCUT2D eigenvalue weighted by Gasteiger charge is 2.27. The molecule has 0 radical (unpaired) electrons. The predicted octanol–water partition coefficient (Wildman–Crippen LogP) is 0.690. The van der Waals surface area contributed by atoms with Gasteiger partial charge in [0.1, 0.15) is 11.4 Å². The van der Waals surface area contributed by atoms with Crippen LogP contribution in [0.15, 0.2) is 47.6 Å². The second kappa shape index (κ2) is 5.11. The van der Waals surface area contributed by atoms with Crippen LogP contribution >= 0.6 is 0 Å². The van der Waals surface area contributed by atoms with Gasteiger partial charge in [0.05, 0.1) is 11.9 Å². The summed E-state index contributed by atoms with van der Waals surface area (Å²) in [5, 5.41) is 14.8. The molecule has 1 aromatic heterocycles. The van der Waals surface area contributed by atoms with Crippen LogP contribution in [-0.2, 0) is 14.8 Å². The van der Waals surface area contributed by atoms with Crippen LogP contribution in [0.25, 0.3) is 0 Å². The zero-order chi connectivity index (χ0) is 13.9. The molecule has 0 spiro atoms. The lowest BCUT2D eigenvalue weighted by molar-refractivity contribution is -0.135. The number of carbonyl (C=O) groups is 1. The SMILES string of the molecule is O=C(O)CN(c1ccccc1)S(=O)(=O)c1cn[nH]c1. The Bertz CT molecular complexity index is 653. The lowest BCUT2D eigenvalue weighted by Crippen LogP contribution is -2.35. The van der Waals surface area contributed by atoms with Gasteiger partial charge in [-0.2, -0.15) is 5.10 Å². The van der Waals surface area contributed by atoms with Gasteiger partial charge in [0, 0.05) is 6.20 Å². The first-order chi connectivity index (χ1) is 9.01. The van der Waals surface area contributed by atoms with Crippen LogP contribution in [0.5, 0.6) is 0 Å². The normalized spacial score (nSPS) is 11.2. The number of anilines is 1. The van der Waals surface area contributed by atoms with Crippen molar-refractivity contribution in [3.63, 3.8) is 0 Å². The molecule has 0 saturated heterocycles. The minimum atomic E-state index is -3.95. The van der Waals surface area contributed by atoms with Crippen LogP contribution in [-0.4, -0.2) is 36.2 Å². The Hall–Kier alpha value is -2.35. The van der Waals surface area contributed by atoms with Crippen molar-refractivity contribution < 1.29 is 18.3 Å². The second-order valence-electron chi connectivity index (χ2n) is 3.67. The molecule has 0 aliphatic carbocycles. The van der Waals surface area contributed by atoms with Crippen LogP contribution in [0.2, 0.25) is 0 Å². The number of sulfonamides is 1. The van der Waals surface area contributed by atoms with Crippen LogP contribution in [0, 0.1) is 0 Å². The summed E-state index contributed by atoms with van der Waals surface area (Å²) < 4.78 is 25.5. The highest BCUT2D eigenvalue weighted by atomic mass is 32.2. The number of nitrogens with one attached hydrogen (secondary N) is 1. The van der Waals surface area contributed by atoms with Gasteiger partial charge in [0.25, 0.3) is 10.0 Å². The lowest BCUT2D eigenvalue weighted by atomic mass is 10.3. The summed E-state index contributed by atoms with van der Waals surface area (Å²) >= 11 is 0. The molecule has 100 valence electrons. The minimum Gasteiger partial charge on any atom is -0.480 e. The molecule has 0 unspecified atom stereocenters. The Kier molecular flexibility index (Phi) is 3.52. The van der Waals surface area contributed by atoms with E-state index in [4.69, 9.17) is 5.11 Å². The molecule has 2 N–H and O–H groups in total. The predicted molar refractivity (Wildman–Crippen MR) is 67.2 cm³/mol. The second-order valence-corrected chi connectivity index (χ2v) is 5.54. The Morgan fingerprint density at radius 3 is 2.53 bits per heavy atom. The number of carboxylic acid groups (broad SMARTS) is 1. The molecule has 1 aromatic carbocycles. The summed E-state index contributed by atoms with van der Waals surface area (Å²) in [5.41, 5.74) is 0.283. The number of H-pyrrole nitrogens is 1. The van der Waals surface area contributed by atoms with Gasteiger partial charge in [-0.25, -0.2) is 8.42 Å². The number of carboxylic acids is 1. The Balaban J connectivity index is 2.47. The number of aromatic nitrogens is 2. The van der Waals surface area contributed by atoms with Crippen molar-refractivity contribution in [2.24, 2.45) is 0 Å². The van der Waals surface area contributed by atoms with Crippen LogP contribution in [0.4, 0.5) is 5.69 Å². The standard InChI is InChI=1S/C11H11N3O4S/c15-11(16)8-14(9-4-2-1-3-5-9)19(17,18)10-6-12-13-7-10/h1-7H,8H2,(H,12,13)(H,15,16). The monoisotopic (exact) mass is 281 g/mol. The quantitative estimate of drug-likeness (QED) is 0.839. The average molecular weight is 281 g/mol. The average Bonchev–Trinajstić information content (AvgIpc) is 2.91. The number of hydrogen-bond acceptors (Lipinski definition) is 4. The maximum absolute atomic E-state index is 12.3. The van der Waals surface area contributed by atoms with Crippen molar-refractivity contribution in [1.82, 2.24) is 10.2 Å². The number of hydrogen-bond donors (Lipinski definition) is 2. The smallest absolute Gasteiger partial charge is 0.324 e. The van der Waals surface area contributed by atoms with E-state index in [0.717, 1.165) is 10.5 Å². The molecule has 0 aliphatic heterocycles. The number of benzene rings is 1. The molecule has 0 amide bonds. The summed E-state index contributed by atoms with van der Waals surface area (Å²) in [6.45, 7) is -0.655. The molecule has 0 aliphatic rings. The van der Waals surface area contributed by atoms with E-state index in [0.29, 0.717) is 0 Å². The van der Waals surface area contributed by atoms with Gasteiger partial charge < -0.3 is 5.11 Å². The molecule has 0 atom stereocenters. The van der Waals surface area contributed by atoms with Crippen LogP contribution in [0.1, 0.15) is 0 Å². The van der Waals surface area contributed by atoms with E-state index < -0.39 is 22.5 Å². The van der Waals surface area contributed by atoms with Gasteiger partial charge >= 0.3 is 5.97 Å².